The molecule has 3 aromatic heterocycles. The number of hydrogen-bond acceptors (Lipinski definition) is 5. The summed E-state index contributed by atoms with van der Waals surface area (Å²) in [5, 5.41) is 4.26. The molecule has 0 spiro atoms. The lowest BCUT2D eigenvalue weighted by molar-refractivity contribution is 0.624. The summed E-state index contributed by atoms with van der Waals surface area (Å²) < 4.78 is 13.9. The fraction of sp³-hybridized carbons (Fsp3) is 0.267. The topological polar surface area (TPSA) is 50.7 Å². The number of pyridine rings is 1. The summed E-state index contributed by atoms with van der Waals surface area (Å²) >= 11 is 1.57. The van der Waals surface area contributed by atoms with Crippen LogP contribution in [0.4, 0.5) is 10.2 Å². The molecule has 0 saturated carbocycles. The highest BCUT2D eigenvalue weighted by Gasteiger charge is 2.15. The summed E-state index contributed by atoms with van der Waals surface area (Å²) in [7, 11) is 0. The molecule has 0 aliphatic rings. The molecule has 0 atom stereocenters. The Morgan fingerprint density at radius 2 is 2.19 bits per heavy atom. The van der Waals surface area contributed by atoms with Gasteiger partial charge in [0.1, 0.15) is 16.3 Å². The molecular formula is C15H15FN4S. The Hall–Kier alpha value is -2.08. The highest BCUT2D eigenvalue weighted by Crippen LogP contribution is 2.31. The van der Waals surface area contributed by atoms with Crippen molar-refractivity contribution in [1.82, 2.24) is 15.0 Å². The van der Waals surface area contributed by atoms with Crippen molar-refractivity contribution in [3.05, 3.63) is 35.1 Å². The van der Waals surface area contributed by atoms with Gasteiger partial charge in [-0.15, -0.1) is 11.3 Å². The van der Waals surface area contributed by atoms with Gasteiger partial charge < -0.3 is 5.32 Å². The monoisotopic (exact) mass is 302 g/mol. The van der Waals surface area contributed by atoms with E-state index < -0.39 is 5.82 Å². The van der Waals surface area contributed by atoms with Gasteiger partial charge in [-0.05, 0) is 31.5 Å². The minimum atomic E-state index is -0.411. The summed E-state index contributed by atoms with van der Waals surface area (Å²) in [6.07, 6.45) is 2.53. The van der Waals surface area contributed by atoms with Crippen molar-refractivity contribution in [2.75, 3.05) is 11.9 Å². The van der Waals surface area contributed by atoms with E-state index in [2.05, 4.69) is 33.3 Å². The van der Waals surface area contributed by atoms with E-state index in [0.29, 0.717) is 5.82 Å². The van der Waals surface area contributed by atoms with Crippen molar-refractivity contribution in [2.24, 2.45) is 0 Å². The van der Waals surface area contributed by atoms with Gasteiger partial charge in [0.05, 0.1) is 5.39 Å². The van der Waals surface area contributed by atoms with Crippen LogP contribution >= 0.6 is 11.3 Å². The van der Waals surface area contributed by atoms with Gasteiger partial charge in [0.15, 0.2) is 11.6 Å². The molecule has 108 valence electrons. The first-order valence-electron chi connectivity index (χ1n) is 6.82. The van der Waals surface area contributed by atoms with Crippen LogP contribution in [0.2, 0.25) is 0 Å². The zero-order valence-corrected chi connectivity index (χ0v) is 12.7. The molecule has 0 bridgehead atoms. The second-order valence-electron chi connectivity index (χ2n) is 4.73. The number of nitrogens with one attached hydrogen (secondary N) is 1. The molecule has 0 aliphatic carbocycles. The molecular weight excluding hydrogens is 287 g/mol. The van der Waals surface area contributed by atoms with Gasteiger partial charge in [-0.2, -0.15) is 0 Å². The zero-order chi connectivity index (χ0) is 14.8. The number of aryl methyl sites for hydroxylation is 1. The van der Waals surface area contributed by atoms with Gasteiger partial charge in [0.25, 0.3) is 0 Å². The van der Waals surface area contributed by atoms with E-state index in [1.807, 2.05) is 6.92 Å². The van der Waals surface area contributed by atoms with Gasteiger partial charge in [0, 0.05) is 17.6 Å². The van der Waals surface area contributed by atoms with Crippen molar-refractivity contribution in [1.29, 1.82) is 0 Å². The van der Waals surface area contributed by atoms with Crippen LogP contribution in [0.25, 0.3) is 21.7 Å². The number of aromatic nitrogens is 3. The van der Waals surface area contributed by atoms with Crippen molar-refractivity contribution < 1.29 is 4.39 Å². The van der Waals surface area contributed by atoms with Gasteiger partial charge in [-0.1, -0.05) is 6.92 Å². The number of rotatable bonds is 4. The lowest BCUT2D eigenvalue weighted by Crippen LogP contribution is -2.05. The lowest BCUT2D eigenvalue weighted by atomic mass is 10.3. The Balaban J connectivity index is 2.17. The van der Waals surface area contributed by atoms with Crippen molar-refractivity contribution in [2.45, 2.75) is 20.3 Å². The van der Waals surface area contributed by atoms with E-state index in [1.165, 1.54) is 6.07 Å². The van der Waals surface area contributed by atoms with E-state index in [-0.39, 0.29) is 5.69 Å². The first-order valence-corrected chi connectivity index (χ1v) is 7.63. The SMILES string of the molecule is CCCNc1nc(-c2ncccc2F)nc2sc(C)cc12. The van der Waals surface area contributed by atoms with Crippen LogP contribution in [0.3, 0.4) is 0 Å². The molecule has 0 aromatic carbocycles. The molecule has 21 heavy (non-hydrogen) atoms. The third kappa shape index (κ3) is 2.71. The van der Waals surface area contributed by atoms with Crippen molar-refractivity contribution in [3.63, 3.8) is 0 Å². The van der Waals surface area contributed by atoms with Gasteiger partial charge >= 0.3 is 0 Å². The minimum absolute atomic E-state index is 0.185. The average molecular weight is 302 g/mol. The van der Waals surface area contributed by atoms with Crippen molar-refractivity contribution in [3.8, 4) is 11.5 Å². The predicted molar refractivity (Wildman–Crippen MR) is 84.1 cm³/mol. The maximum atomic E-state index is 13.9. The number of anilines is 1. The minimum Gasteiger partial charge on any atom is -0.369 e. The van der Waals surface area contributed by atoms with Crippen LogP contribution in [-0.2, 0) is 0 Å². The smallest absolute Gasteiger partial charge is 0.184 e. The number of hydrogen-bond donors (Lipinski definition) is 1. The summed E-state index contributed by atoms with van der Waals surface area (Å²) in [6.45, 7) is 4.92. The lowest BCUT2D eigenvalue weighted by Gasteiger charge is -2.08. The Kier molecular flexibility index (Phi) is 3.79. The molecule has 0 saturated heterocycles. The van der Waals surface area contributed by atoms with Gasteiger partial charge in [0.2, 0.25) is 0 Å². The zero-order valence-electron chi connectivity index (χ0n) is 11.9. The predicted octanol–water partition coefficient (Wildman–Crippen LogP) is 4.02. The summed E-state index contributed by atoms with van der Waals surface area (Å²) in [5.41, 5.74) is 0.185. The third-order valence-electron chi connectivity index (χ3n) is 3.03. The standard InChI is InChI=1S/C15H15FN4S/c1-3-6-18-13-10-8-9(2)21-15(10)20-14(19-13)12-11(16)5-4-7-17-12/h4-5,7-8H,3,6H2,1-2H3,(H,18,19,20). The second kappa shape index (κ2) is 5.73. The summed E-state index contributed by atoms with van der Waals surface area (Å²) in [4.78, 5) is 15.0. The molecule has 0 aliphatic heterocycles. The van der Waals surface area contributed by atoms with E-state index in [0.717, 1.165) is 33.9 Å². The van der Waals surface area contributed by atoms with Crippen molar-refractivity contribution >= 4 is 27.4 Å². The van der Waals surface area contributed by atoms with E-state index in [1.54, 1.807) is 23.6 Å². The van der Waals surface area contributed by atoms with Gasteiger partial charge in [-0.3, -0.25) is 0 Å². The average Bonchev–Trinajstić information content (AvgIpc) is 2.85. The van der Waals surface area contributed by atoms with Crippen LogP contribution in [0, 0.1) is 12.7 Å². The third-order valence-corrected chi connectivity index (χ3v) is 3.97. The second-order valence-corrected chi connectivity index (χ2v) is 5.97. The molecule has 6 heteroatoms. The number of nitrogens with zero attached hydrogens (tertiary/aromatic N) is 3. The first-order chi connectivity index (χ1) is 10.2. The number of halogens is 1. The van der Waals surface area contributed by atoms with Crippen LogP contribution in [0.1, 0.15) is 18.2 Å². The van der Waals surface area contributed by atoms with Crippen LogP contribution < -0.4 is 5.32 Å². The molecule has 0 amide bonds. The van der Waals surface area contributed by atoms with E-state index in [9.17, 15) is 4.39 Å². The Morgan fingerprint density at radius 3 is 2.95 bits per heavy atom. The summed E-state index contributed by atoms with van der Waals surface area (Å²) in [6, 6.07) is 4.98. The molecule has 0 radical (unpaired) electrons. The molecule has 1 N–H and O–H groups in total. The molecule has 0 fully saturated rings. The number of fused-ring (bicyclic) bond motifs is 1. The summed E-state index contributed by atoms with van der Waals surface area (Å²) in [5.74, 6) is 0.652. The fourth-order valence-corrected chi connectivity index (χ4v) is 2.96. The maximum absolute atomic E-state index is 13.9. The quantitative estimate of drug-likeness (QED) is 0.790. The Morgan fingerprint density at radius 1 is 1.33 bits per heavy atom. The maximum Gasteiger partial charge on any atom is 0.184 e. The van der Waals surface area contributed by atoms with Crippen LogP contribution in [0.5, 0.6) is 0 Å². The molecule has 3 rings (SSSR count). The highest BCUT2D eigenvalue weighted by molar-refractivity contribution is 7.18. The van der Waals surface area contributed by atoms with Crippen LogP contribution in [-0.4, -0.2) is 21.5 Å². The Labute approximate surface area is 126 Å². The van der Waals surface area contributed by atoms with E-state index >= 15 is 0 Å². The molecule has 3 heterocycles. The number of thiophene rings is 1. The molecule has 4 nitrogen and oxygen atoms in total. The molecule has 0 unspecified atom stereocenters. The highest BCUT2D eigenvalue weighted by atomic mass is 32.1. The van der Waals surface area contributed by atoms with Gasteiger partial charge in [-0.25, -0.2) is 19.3 Å². The normalized spacial score (nSPS) is 11.0. The first kappa shape index (κ1) is 13.9. The van der Waals surface area contributed by atoms with E-state index in [4.69, 9.17) is 0 Å². The Bertz CT molecular complexity index is 784. The fourth-order valence-electron chi connectivity index (χ4n) is 2.08. The molecule has 3 aromatic rings. The van der Waals surface area contributed by atoms with Crippen LogP contribution in [0.15, 0.2) is 24.4 Å². The largest absolute Gasteiger partial charge is 0.369 e.